The van der Waals surface area contributed by atoms with Gasteiger partial charge in [0.2, 0.25) is 11.8 Å². The van der Waals surface area contributed by atoms with Gasteiger partial charge in [-0.1, -0.05) is 78.7 Å². The van der Waals surface area contributed by atoms with E-state index in [1.807, 2.05) is 50.4 Å². The first kappa shape index (κ1) is 38.1. The van der Waals surface area contributed by atoms with Crippen molar-refractivity contribution < 1.29 is 22.7 Å². The molecule has 0 radical (unpaired) electrons. The van der Waals surface area contributed by atoms with Crippen molar-refractivity contribution in [1.82, 2.24) is 10.2 Å². The molecule has 49 heavy (non-hydrogen) atoms. The minimum absolute atomic E-state index is 0.00998. The van der Waals surface area contributed by atoms with Gasteiger partial charge in [0.05, 0.1) is 27.2 Å². The van der Waals surface area contributed by atoms with E-state index in [1.54, 1.807) is 61.5 Å². The molecule has 2 unspecified atom stereocenters. The molecule has 2 atom stereocenters. The van der Waals surface area contributed by atoms with E-state index in [1.165, 1.54) is 28.8 Å². The van der Waals surface area contributed by atoms with Crippen LogP contribution in [0.25, 0.3) is 0 Å². The van der Waals surface area contributed by atoms with E-state index >= 15 is 0 Å². The number of hydrogen-bond donors (Lipinski definition) is 1. The first-order chi connectivity index (χ1) is 23.5. The number of nitrogens with zero attached hydrogens (tertiary/aromatic N) is 2. The van der Waals surface area contributed by atoms with Gasteiger partial charge < -0.3 is 15.0 Å². The second-order valence-electron chi connectivity index (χ2n) is 11.4. The van der Waals surface area contributed by atoms with Crippen LogP contribution >= 0.6 is 35.0 Å². The van der Waals surface area contributed by atoms with Crippen LogP contribution in [0.3, 0.4) is 0 Å². The summed E-state index contributed by atoms with van der Waals surface area (Å²) in [6.45, 7) is 5.28. The summed E-state index contributed by atoms with van der Waals surface area (Å²) >= 11 is 14.1. The van der Waals surface area contributed by atoms with Gasteiger partial charge in [-0.3, -0.25) is 13.9 Å². The molecule has 0 spiro atoms. The van der Waals surface area contributed by atoms with Gasteiger partial charge in [0.15, 0.2) is 0 Å². The number of hydrogen-bond acceptors (Lipinski definition) is 6. The molecule has 0 bridgehead atoms. The van der Waals surface area contributed by atoms with E-state index in [-0.39, 0.29) is 42.1 Å². The summed E-state index contributed by atoms with van der Waals surface area (Å²) in [6, 6.07) is 26.4. The van der Waals surface area contributed by atoms with Crippen LogP contribution in [0.5, 0.6) is 5.75 Å². The Morgan fingerprint density at radius 2 is 1.55 bits per heavy atom. The SMILES string of the molecule is CCOc1ccccc1N(CC(=O)N(Cc1ccc(Cl)c(Cl)c1)C(Cc1ccccc1)C(=O)NC(C)CC)S(=O)(=O)c1ccc(SC)cc1. The Bertz CT molecular complexity index is 1830. The summed E-state index contributed by atoms with van der Waals surface area (Å²) in [7, 11) is -4.30. The summed E-state index contributed by atoms with van der Waals surface area (Å²) < 4.78 is 35.8. The van der Waals surface area contributed by atoms with E-state index in [4.69, 9.17) is 27.9 Å². The van der Waals surface area contributed by atoms with Crippen LogP contribution in [0, 0.1) is 0 Å². The quantitative estimate of drug-likeness (QED) is 0.118. The van der Waals surface area contributed by atoms with Gasteiger partial charge in [-0.15, -0.1) is 11.8 Å². The number of para-hydroxylation sites is 2. The third kappa shape index (κ3) is 9.94. The van der Waals surface area contributed by atoms with Crippen LogP contribution in [0.2, 0.25) is 10.0 Å². The van der Waals surface area contributed by atoms with Crippen molar-refractivity contribution in [2.24, 2.45) is 0 Å². The third-order valence-corrected chi connectivity index (χ3v) is 11.2. The van der Waals surface area contributed by atoms with Crippen molar-refractivity contribution in [3.05, 3.63) is 118 Å². The highest BCUT2D eigenvalue weighted by Gasteiger charge is 2.36. The first-order valence-corrected chi connectivity index (χ1v) is 19.4. The Kier molecular flexibility index (Phi) is 13.8. The summed E-state index contributed by atoms with van der Waals surface area (Å²) in [4.78, 5) is 31.1. The van der Waals surface area contributed by atoms with Crippen LogP contribution in [-0.4, -0.2) is 56.6 Å². The van der Waals surface area contributed by atoms with Gasteiger partial charge in [-0.2, -0.15) is 0 Å². The van der Waals surface area contributed by atoms with Crippen molar-refractivity contribution >= 4 is 62.5 Å². The second kappa shape index (κ2) is 17.8. The molecule has 4 aromatic rings. The number of ether oxygens (including phenoxy) is 1. The van der Waals surface area contributed by atoms with Crippen LogP contribution in [0.1, 0.15) is 38.3 Å². The molecule has 4 rings (SSSR count). The molecule has 2 amide bonds. The highest BCUT2D eigenvalue weighted by Crippen LogP contribution is 2.34. The van der Waals surface area contributed by atoms with Gasteiger partial charge in [0, 0.05) is 23.9 Å². The van der Waals surface area contributed by atoms with E-state index < -0.39 is 28.5 Å². The Balaban J connectivity index is 1.86. The molecule has 0 aliphatic carbocycles. The van der Waals surface area contributed by atoms with Crippen molar-refractivity contribution in [2.45, 2.75) is 62.0 Å². The fraction of sp³-hybridized carbons (Fsp3) is 0.297. The lowest BCUT2D eigenvalue weighted by atomic mass is 10.0. The molecule has 0 aromatic heterocycles. The lowest BCUT2D eigenvalue weighted by molar-refractivity contribution is -0.140. The Hall–Kier alpha value is -3.70. The molecule has 0 saturated heterocycles. The van der Waals surface area contributed by atoms with Crippen molar-refractivity contribution in [3.63, 3.8) is 0 Å². The molecule has 0 saturated carbocycles. The van der Waals surface area contributed by atoms with Gasteiger partial charge >= 0.3 is 0 Å². The Labute approximate surface area is 303 Å². The van der Waals surface area contributed by atoms with E-state index in [0.29, 0.717) is 27.8 Å². The molecular formula is C37H41Cl2N3O5S2. The number of anilines is 1. The van der Waals surface area contributed by atoms with Crippen LogP contribution in [0.4, 0.5) is 5.69 Å². The topological polar surface area (TPSA) is 96.0 Å². The number of carbonyl (C=O) groups excluding carboxylic acids is 2. The first-order valence-electron chi connectivity index (χ1n) is 15.9. The zero-order valence-electron chi connectivity index (χ0n) is 27.9. The van der Waals surface area contributed by atoms with E-state index in [0.717, 1.165) is 14.8 Å². The average molecular weight is 743 g/mol. The normalized spacial score (nSPS) is 12.5. The molecular weight excluding hydrogens is 701 g/mol. The second-order valence-corrected chi connectivity index (χ2v) is 14.9. The van der Waals surface area contributed by atoms with Crippen molar-refractivity contribution in [2.75, 3.05) is 23.7 Å². The summed E-state index contributed by atoms with van der Waals surface area (Å²) in [5.74, 6) is -0.654. The van der Waals surface area contributed by atoms with Gasteiger partial charge in [0.25, 0.3) is 10.0 Å². The molecule has 0 aliphatic heterocycles. The summed E-state index contributed by atoms with van der Waals surface area (Å²) in [5.41, 5.74) is 1.65. The molecule has 260 valence electrons. The number of amides is 2. The predicted molar refractivity (Wildman–Crippen MR) is 199 cm³/mol. The van der Waals surface area contributed by atoms with Gasteiger partial charge in [-0.25, -0.2) is 8.42 Å². The molecule has 0 aliphatic rings. The predicted octanol–water partition coefficient (Wildman–Crippen LogP) is 7.86. The highest BCUT2D eigenvalue weighted by molar-refractivity contribution is 7.98. The maximum atomic E-state index is 14.8. The van der Waals surface area contributed by atoms with Gasteiger partial charge in [-0.05, 0) is 86.2 Å². The standard InChI is InChI=1S/C37H41Cl2N3O5S2/c1-5-26(3)40-37(44)34(23-27-12-8-7-9-13-27)41(24-28-16-21-31(38)32(39)22-28)36(43)25-42(33-14-10-11-15-35(33)47-6-2)49(45,46)30-19-17-29(48-4)18-20-30/h7-22,26,34H,5-6,23-25H2,1-4H3,(H,40,44). The average Bonchev–Trinajstić information content (AvgIpc) is 3.10. The number of rotatable bonds is 16. The smallest absolute Gasteiger partial charge is 0.264 e. The molecule has 1 N–H and O–H groups in total. The fourth-order valence-corrected chi connectivity index (χ4v) is 7.31. The fourth-order valence-electron chi connectivity index (χ4n) is 5.16. The number of benzene rings is 4. The monoisotopic (exact) mass is 741 g/mol. The van der Waals surface area contributed by atoms with Crippen LogP contribution in [-0.2, 0) is 32.6 Å². The van der Waals surface area contributed by atoms with Crippen LogP contribution in [0.15, 0.2) is 107 Å². The molecule has 12 heteroatoms. The Morgan fingerprint density at radius 3 is 2.18 bits per heavy atom. The minimum Gasteiger partial charge on any atom is -0.492 e. The Morgan fingerprint density at radius 1 is 0.878 bits per heavy atom. The largest absolute Gasteiger partial charge is 0.492 e. The van der Waals surface area contributed by atoms with Gasteiger partial charge in [0.1, 0.15) is 18.3 Å². The maximum Gasteiger partial charge on any atom is 0.264 e. The molecule has 0 heterocycles. The van der Waals surface area contributed by atoms with E-state index in [9.17, 15) is 18.0 Å². The highest BCUT2D eigenvalue weighted by atomic mass is 35.5. The number of halogens is 2. The summed E-state index contributed by atoms with van der Waals surface area (Å²) in [5, 5.41) is 3.67. The lowest BCUT2D eigenvalue weighted by Crippen LogP contribution is -2.54. The third-order valence-electron chi connectivity index (χ3n) is 7.97. The molecule has 0 fully saturated rings. The number of carbonyl (C=O) groups is 2. The van der Waals surface area contributed by atoms with E-state index in [2.05, 4.69) is 5.32 Å². The van der Waals surface area contributed by atoms with Crippen LogP contribution < -0.4 is 14.4 Å². The number of thioether (sulfide) groups is 1. The maximum absolute atomic E-state index is 14.8. The number of sulfonamides is 1. The zero-order chi connectivity index (χ0) is 35.6. The lowest BCUT2D eigenvalue weighted by Gasteiger charge is -2.34. The molecule has 8 nitrogen and oxygen atoms in total. The van der Waals surface area contributed by atoms with Crippen molar-refractivity contribution in [3.8, 4) is 5.75 Å². The zero-order valence-corrected chi connectivity index (χ0v) is 31.1. The summed E-state index contributed by atoms with van der Waals surface area (Å²) in [6.07, 6.45) is 2.77. The number of nitrogens with one attached hydrogen (secondary N) is 1. The molecule has 4 aromatic carbocycles. The van der Waals surface area contributed by atoms with Crippen molar-refractivity contribution in [1.29, 1.82) is 0 Å². The minimum atomic E-state index is -4.30.